The lowest BCUT2D eigenvalue weighted by molar-refractivity contribution is 0.0898. The zero-order valence-corrected chi connectivity index (χ0v) is 12.4. The van der Waals surface area contributed by atoms with E-state index < -0.39 is 19.7 Å². The number of halogens is 2. The molecule has 1 aromatic carbocycles. The van der Waals surface area contributed by atoms with Crippen LogP contribution in [0, 0.1) is 11.6 Å². The number of aromatic nitrogens is 2. The fourth-order valence-electron chi connectivity index (χ4n) is 1.73. The molecular weight excluding hydrogens is 266 g/mol. The van der Waals surface area contributed by atoms with E-state index in [9.17, 15) is 8.78 Å². The first-order valence-corrected chi connectivity index (χ1v) is 9.95. The molecule has 0 unspecified atom stereocenters. The second-order valence-electron chi connectivity index (χ2n) is 5.82. The molecule has 3 nitrogen and oxygen atoms in total. The maximum absolute atomic E-state index is 13.5. The Bertz CT molecular complexity index is 578. The van der Waals surface area contributed by atoms with Crippen molar-refractivity contribution in [1.82, 2.24) is 9.55 Å². The molecule has 0 aliphatic heterocycles. The van der Waals surface area contributed by atoms with Gasteiger partial charge in [-0.25, -0.2) is 13.8 Å². The molecule has 0 radical (unpaired) electrons. The highest BCUT2D eigenvalue weighted by Gasteiger charge is 2.13. The van der Waals surface area contributed by atoms with Crippen molar-refractivity contribution in [2.45, 2.75) is 32.4 Å². The van der Waals surface area contributed by atoms with Crippen LogP contribution in [0.3, 0.4) is 0 Å². The first-order chi connectivity index (χ1) is 8.87. The molecule has 0 saturated carbocycles. The third-order valence-corrected chi connectivity index (χ3v) is 4.57. The summed E-state index contributed by atoms with van der Waals surface area (Å²) in [5.41, 5.74) is 0.598. The fraction of sp³-hybridized carbons (Fsp3) is 0.462. The van der Waals surface area contributed by atoms with Crippen LogP contribution in [-0.4, -0.2) is 24.2 Å². The normalized spacial score (nSPS) is 12.3. The van der Waals surface area contributed by atoms with Crippen molar-refractivity contribution < 1.29 is 13.5 Å². The topological polar surface area (TPSA) is 27.1 Å². The zero-order chi connectivity index (χ0) is 14.0. The fourth-order valence-corrected chi connectivity index (χ4v) is 2.49. The van der Waals surface area contributed by atoms with Gasteiger partial charge in [0.25, 0.3) is 0 Å². The van der Waals surface area contributed by atoms with Crippen LogP contribution in [0.2, 0.25) is 25.7 Å². The monoisotopic (exact) mass is 284 g/mol. The van der Waals surface area contributed by atoms with Gasteiger partial charge in [0.2, 0.25) is 0 Å². The molecule has 0 amide bonds. The number of hydrogen-bond acceptors (Lipinski definition) is 2. The number of fused-ring (bicyclic) bond motifs is 1. The molecule has 6 heteroatoms. The van der Waals surface area contributed by atoms with E-state index >= 15 is 0 Å². The lowest BCUT2D eigenvalue weighted by Crippen LogP contribution is -2.21. The van der Waals surface area contributed by atoms with Crippen molar-refractivity contribution in [1.29, 1.82) is 0 Å². The summed E-state index contributed by atoms with van der Waals surface area (Å²) in [6.45, 7) is 7.74. The number of imidazole rings is 1. The van der Waals surface area contributed by atoms with E-state index in [0.29, 0.717) is 12.1 Å². The maximum Gasteiger partial charge on any atom is 0.153 e. The molecule has 0 N–H and O–H groups in total. The van der Waals surface area contributed by atoms with Crippen molar-refractivity contribution in [3.05, 3.63) is 30.1 Å². The van der Waals surface area contributed by atoms with Gasteiger partial charge < -0.3 is 9.30 Å². The Hall–Kier alpha value is -1.27. The van der Waals surface area contributed by atoms with Crippen LogP contribution >= 0.6 is 0 Å². The molecule has 0 bridgehead atoms. The minimum absolute atomic E-state index is 0.176. The van der Waals surface area contributed by atoms with Gasteiger partial charge >= 0.3 is 0 Å². The van der Waals surface area contributed by atoms with Crippen LogP contribution in [0.5, 0.6) is 0 Å². The molecular formula is C13H18F2N2OSi. The summed E-state index contributed by atoms with van der Waals surface area (Å²) in [6.07, 6.45) is 1.47. The predicted octanol–water partition coefficient (Wildman–Crippen LogP) is 3.63. The number of nitrogens with zero attached hydrogens (tertiary/aromatic N) is 2. The summed E-state index contributed by atoms with van der Waals surface area (Å²) in [4.78, 5) is 3.94. The third-order valence-electron chi connectivity index (χ3n) is 2.87. The van der Waals surface area contributed by atoms with E-state index in [1.807, 2.05) is 0 Å². The molecule has 0 atom stereocenters. The molecule has 19 heavy (non-hydrogen) atoms. The van der Waals surface area contributed by atoms with Gasteiger partial charge in [0.05, 0.1) is 11.8 Å². The van der Waals surface area contributed by atoms with Crippen LogP contribution in [0.4, 0.5) is 8.78 Å². The Morgan fingerprint density at radius 3 is 2.68 bits per heavy atom. The van der Waals surface area contributed by atoms with E-state index in [2.05, 4.69) is 24.6 Å². The quantitative estimate of drug-likeness (QED) is 0.619. The average molecular weight is 284 g/mol. The van der Waals surface area contributed by atoms with Crippen molar-refractivity contribution in [2.24, 2.45) is 0 Å². The summed E-state index contributed by atoms with van der Waals surface area (Å²) < 4.78 is 33.8. The van der Waals surface area contributed by atoms with E-state index in [1.54, 1.807) is 4.57 Å². The smallest absolute Gasteiger partial charge is 0.153 e. The molecule has 1 aromatic heterocycles. The Morgan fingerprint density at radius 1 is 1.26 bits per heavy atom. The van der Waals surface area contributed by atoms with E-state index in [-0.39, 0.29) is 12.2 Å². The Labute approximate surface area is 112 Å². The number of rotatable bonds is 5. The van der Waals surface area contributed by atoms with Gasteiger partial charge in [-0.05, 0) is 6.04 Å². The highest BCUT2D eigenvalue weighted by atomic mass is 28.3. The van der Waals surface area contributed by atoms with Crippen LogP contribution in [-0.2, 0) is 11.5 Å². The van der Waals surface area contributed by atoms with E-state index in [1.165, 1.54) is 12.4 Å². The maximum atomic E-state index is 13.5. The largest absolute Gasteiger partial charge is 0.361 e. The van der Waals surface area contributed by atoms with Gasteiger partial charge in [-0.15, -0.1) is 0 Å². The van der Waals surface area contributed by atoms with Gasteiger partial charge in [-0.3, -0.25) is 0 Å². The average Bonchev–Trinajstić information content (AvgIpc) is 2.66. The lowest BCUT2D eigenvalue weighted by Gasteiger charge is -2.15. The SMILES string of the molecule is C[Si](C)(C)CCOCn1cnc2c(F)cc(F)cc21. The minimum atomic E-state index is -1.12. The van der Waals surface area contributed by atoms with Crippen LogP contribution < -0.4 is 0 Å². The van der Waals surface area contributed by atoms with Gasteiger partial charge in [-0.1, -0.05) is 19.6 Å². The van der Waals surface area contributed by atoms with Gasteiger partial charge in [0.15, 0.2) is 5.82 Å². The number of ether oxygens (including phenoxy) is 1. The molecule has 0 aliphatic rings. The summed E-state index contributed by atoms with van der Waals surface area (Å²) in [5.74, 6) is -1.25. The molecule has 0 saturated heterocycles. The van der Waals surface area contributed by atoms with Crippen molar-refractivity contribution in [3.8, 4) is 0 Å². The molecule has 0 aliphatic carbocycles. The van der Waals surface area contributed by atoms with E-state index in [0.717, 1.165) is 12.1 Å². The van der Waals surface area contributed by atoms with Gasteiger partial charge in [0, 0.05) is 26.8 Å². The summed E-state index contributed by atoms with van der Waals surface area (Å²) in [7, 11) is -1.12. The second kappa shape index (κ2) is 5.38. The molecule has 2 rings (SSSR count). The first kappa shape index (κ1) is 14.1. The minimum Gasteiger partial charge on any atom is -0.361 e. The molecule has 0 spiro atoms. The second-order valence-corrected chi connectivity index (χ2v) is 11.4. The molecule has 2 aromatic rings. The van der Waals surface area contributed by atoms with Crippen LogP contribution in [0.15, 0.2) is 18.5 Å². The van der Waals surface area contributed by atoms with Crippen LogP contribution in [0.1, 0.15) is 0 Å². The summed E-state index contributed by atoms with van der Waals surface area (Å²) in [6, 6.07) is 3.17. The highest BCUT2D eigenvalue weighted by Crippen LogP contribution is 2.18. The Balaban J connectivity index is 2.05. The molecule has 104 valence electrons. The number of benzene rings is 1. The molecule has 0 fully saturated rings. The Morgan fingerprint density at radius 2 is 2.00 bits per heavy atom. The summed E-state index contributed by atoms with van der Waals surface area (Å²) >= 11 is 0. The summed E-state index contributed by atoms with van der Waals surface area (Å²) in [5, 5.41) is 0. The predicted molar refractivity (Wildman–Crippen MR) is 73.8 cm³/mol. The van der Waals surface area contributed by atoms with Gasteiger partial charge in [0.1, 0.15) is 18.1 Å². The third kappa shape index (κ3) is 3.60. The van der Waals surface area contributed by atoms with E-state index in [4.69, 9.17) is 4.74 Å². The van der Waals surface area contributed by atoms with Crippen molar-refractivity contribution >= 4 is 19.1 Å². The molecule has 1 heterocycles. The zero-order valence-electron chi connectivity index (χ0n) is 11.4. The van der Waals surface area contributed by atoms with Crippen molar-refractivity contribution in [3.63, 3.8) is 0 Å². The number of hydrogen-bond donors (Lipinski definition) is 0. The van der Waals surface area contributed by atoms with Crippen molar-refractivity contribution in [2.75, 3.05) is 6.61 Å². The lowest BCUT2D eigenvalue weighted by atomic mass is 10.3. The highest BCUT2D eigenvalue weighted by molar-refractivity contribution is 6.76. The standard InChI is InChI=1S/C13H18F2N2OSi/c1-19(2,3)5-4-18-9-17-8-16-13-11(15)6-10(14)7-12(13)17/h6-8H,4-5,9H2,1-3H3. The first-order valence-electron chi connectivity index (χ1n) is 6.24. The van der Waals surface area contributed by atoms with Crippen LogP contribution in [0.25, 0.3) is 11.0 Å². The van der Waals surface area contributed by atoms with Gasteiger partial charge in [-0.2, -0.15) is 0 Å². The Kier molecular flexibility index (Phi) is 4.01.